The molecule has 0 radical (unpaired) electrons. The maximum absolute atomic E-state index is 12.0. The van der Waals surface area contributed by atoms with Gasteiger partial charge in [0, 0.05) is 11.9 Å². The highest BCUT2D eigenvalue weighted by atomic mass is 32.2. The minimum Gasteiger partial charge on any atom is -0.240 e. The Morgan fingerprint density at radius 3 is 2.15 bits per heavy atom. The van der Waals surface area contributed by atoms with Gasteiger partial charge in [0.25, 0.3) is 0 Å². The molecule has 26 heavy (non-hydrogen) atoms. The zero-order valence-electron chi connectivity index (χ0n) is 16.3. The fourth-order valence-electron chi connectivity index (χ4n) is 2.73. The van der Waals surface area contributed by atoms with E-state index in [2.05, 4.69) is 41.2 Å². The van der Waals surface area contributed by atoms with Crippen LogP contribution in [0.4, 0.5) is 0 Å². The molecule has 0 atom stereocenters. The van der Waals surface area contributed by atoms with E-state index in [0.717, 1.165) is 30.5 Å². The second-order valence-electron chi connectivity index (χ2n) is 7.17. The summed E-state index contributed by atoms with van der Waals surface area (Å²) in [5.41, 5.74) is 4.64. The lowest BCUT2D eigenvalue weighted by Gasteiger charge is -2.10. The van der Waals surface area contributed by atoms with Crippen LogP contribution in [0.15, 0.2) is 30.5 Å². The lowest BCUT2D eigenvalue weighted by molar-refractivity contribution is 0.585. The molecule has 0 unspecified atom stereocenters. The Bertz CT molecular complexity index is 812. The summed E-state index contributed by atoms with van der Waals surface area (Å²) in [5.74, 6) is 0.297. The minimum atomic E-state index is -3.17. The van der Waals surface area contributed by atoms with E-state index >= 15 is 0 Å². The lowest BCUT2D eigenvalue weighted by Crippen LogP contribution is -2.18. The number of unbranched alkanes of at least 4 members (excludes halogenated alkanes) is 1. The maximum atomic E-state index is 12.0. The van der Waals surface area contributed by atoms with E-state index in [1.807, 2.05) is 6.92 Å². The number of aryl methyl sites for hydroxylation is 4. The molecule has 0 N–H and O–H groups in total. The van der Waals surface area contributed by atoms with Crippen molar-refractivity contribution in [1.82, 2.24) is 9.97 Å². The molecule has 0 aliphatic rings. The Morgan fingerprint density at radius 1 is 1.00 bits per heavy atom. The van der Waals surface area contributed by atoms with E-state index in [4.69, 9.17) is 0 Å². The Kier molecular flexibility index (Phi) is 7.33. The summed E-state index contributed by atoms with van der Waals surface area (Å²) < 4.78 is 24.0. The summed E-state index contributed by atoms with van der Waals surface area (Å²) in [4.78, 5) is 8.69. The van der Waals surface area contributed by atoms with Gasteiger partial charge < -0.3 is 0 Å². The van der Waals surface area contributed by atoms with Crippen molar-refractivity contribution in [3.63, 3.8) is 0 Å². The molecule has 0 saturated heterocycles. The highest BCUT2D eigenvalue weighted by molar-refractivity contribution is 7.91. The molecule has 5 heteroatoms. The molecule has 2 rings (SSSR count). The third-order valence-electron chi connectivity index (χ3n) is 4.70. The number of hydrogen-bond acceptors (Lipinski definition) is 4. The molecular weight excluding hydrogens is 344 g/mol. The smallest absolute Gasteiger partial charge is 0.159 e. The molecule has 1 heterocycles. The Balaban J connectivity index is 1.98. The van der Waals surface area contributed by atoms with E-state index in [-0.39, 0.29) is 5.75 Å². The van der Waals surface area contributed by atoms with Crippen molar-refractivity contribution >= 4 is 9.84 Å². The molecule has 0 bridgehead atoms. The maximum Gasteiger partial charge on any atom is 0.159 e. The van der Waals surface area contributed by atoms with Crippen molar-refractivity contribution < 1.29 is 8.42 Å². The number of aromatic nitrogens is 2. The van der Waals surface area contributed by atoms with Gasteiger partial charge in [-0.25, -0.2) is 18.4 Å². The third kappa shape index (κ3) is 5.90. The van der Waals surface area contributed by atoms with Crippen molar-refractivity contribution in [2.24, 2.45) is 0 Å². The molecule has 0 aliphatic heterocycles. The molecule has 142 valence electrons. The summed E-state index contributed by atoms with van der Waals surface area (Å²) >= 11 is 0. The summed E-state index contributed by atoms with van der Waals surface area (Å²) in [5, 5.41) is -0.411. The standard InChI is InChI=1S/C21H30N2O2S/c1-5-6-7-18-8-10-19(11-9-18)12-13-20-14-22-21(23-17(20)4)15-26(24,25)16(2)3/h8-11,14,16H,5-7,12-13,15H2,1-4H3. The second-order valence-corrected chi connectivity index (χ2v) is 9.73. The first-order valence-electron chi connectivity index (χ1n) is 9.42. The quantitative estimate of drug-likeness (QED) is 0.659. The van der Waals surface area contributed by atoms with E-state index in [1.54, 1.807) is 20.0 Å². The van der Waals surface area contributed by atoms with Crippen molar-refractivity contribution in [1.29, 1.82) is 0 Å². The predicted octanol–water partition coefficient (Wildman–Crippen LogP) is 4.24. The first-order chi connectivity index (χ1) is 12.3. The number of sulfone groups is 1. The molecule has 4 nitrogen and oxygen atoms in total. The van der Waals surface area contributed by atoms with Crippen LogP contribution in [-0.2, 0) is 34.9 Å². The van der Waals surface area contributed by atoms with Crippen LogP contribution < -0.4 is 0 Å². The first-order valence-corrected chi connectivity index (χ1v) is 11.1. The summed E-state index contributed by atoms with van der Waals surface area (Å²) in [6, 6.07) is 8.83. The van der Waals surface area contributed by atoms with Crippen LogP contribution in [0.1, 0.15) is 61.8 Å². The van der Waals surface area contributed by atoms with Crippen LogP contribution in [0.25, 0.3) is 0 Å². The number of benzene rings is 1. The predicted molar refractivity (Wildman–Crippen MR) is 107 cm³/mol. The van der Waals surface area contributed by atoms with Gasteiger partial charge in [-0.05, 0) is 63.1 Å². The Morgan fingerprint density at radius 2 is 1.62 bits per heavy atom. The fourth-order valence-corrected chi connectivity index (χ4v) is 3.57. The molecule has 1 aromatic heterocycles. The topological polar surface area (TPSA) is 59.9 Å². The number of hydrogen-bond donors (Lipinski definition) is 0. The van der Waals surface area contributed by atoms with Crippen LogP contribution in [0.5, 0.6) is 0 Å². The van der Waals surface area contributed by atoms with Gasteiger partial charge in [0.2, 0.25) is 0 Å². The highest BCUT2D eigenvalue weighted by Gasteiger charge is 2.19. The molecule has 0 spiro atoms. The van der Waals surface area contributed by atoms with Crippen molar-refractivity contribution in [2.75, 3.05) is 0 Å². The van der Waals surface area contributed by atoms with Gasteiger partial charge in [-0.2, -0.15) is 0 Å². The molecule has 2 aromatic rings. The summed E-state index contributed by atoms with van der Waals surface area (Å²) in [6.45, 7) is 7.51. The minimum absolute atomic E-state index is 0.0923. The van der Waals surface area contributed by atoms with Crippen LogP contribution in [0.2, 0.25) is 0 Å². The van der Waals surface area contributed by atoms with Crippen molar-refractivity contribution in [3.8, 4) is 0 Å². The SMILES string of the molecule is CCCCc1ccc(CCc2cnc(CS(=O)(=O)C(C)C)nc2C)cc1. The van der Waals surface area contributed by atoms with E-state index in [0.29, 0.717) is 5.82 Å². The monoisotopic (exact) mass is 374 g/mol. The Labute approximate surface area is 158 Å². The average Bonchev–Trinajstić information content (AvgIpc) is 2.59. The highest BCUT2D eigenvalue weighted by Crippen LogP contribution is 2.14. The normalized spacial score (nSPS) is 11.9. The van der Waals surface area contributed by atoms with Crippen LogP contribution >= 0.6 is 0 Å². The average molecular weight is 375 g/mol. The molecule has 1 aromatic carbocycles. The van der Waals surface area contributed by atoms with Gasteiger partial charge in [0.05, 0.1) is 5.25 Å². The lowest BCUT2D eigenvalue weighted by atomic mass is 10.0. The van der Waals surface area contributed by atoms with Gasteiger partial charge in [-0.3, -0.25) is 0 Å². The van der Waals surface area contributed by atoms with Gasteiger partial charge in [-0.15, -0.1) is 0 Å². The molecule has 0 fully saturated rings. The summed E-state index contributed by atoms with van der Waals surface area (Å²) in [6.07, 6.45) is 7.16. The number of rotatable bonds is 9. The third-order valence-corrected chi connectivity index (χ3v) is 6.80. The number of nitrogens with zero attached hydrogens (tertiary/aromatic N) is 2. The van der Waals surface area contributed by atoms with Crippen LogP contribution in [0.3, 0.4) is 0 Å². The fraction of sp³-hybridized carbons (Fsp3) is 0.524. The summed E-state index contributed by atoms with van der Waals surface area (Å²) in [7, 11) is -3.17. The van der Waals surface area contributed by atoms with Gasteiger partial charge in [0.15, 0.2) is 9.84 Å². The van der Waals surface area contributed by atoms with Crippen molar-refractivity contribution in [3.05, 3.63) is 58.7 Å². The van der Waals surface area contributed by atoms with Crippen molar-refractivity contribution in [2.45, 2.75) is 70.8 Å². The largest absolute Gasteiger partial charge is 0.240 e. The van der Waals surface area contributed by atoms with Crippen LogP contribution in [-0.4, -0.2) is 23.6 Å². The van der Waals surface area contributed by atoms with Gasteiger partial charge in [-0.1, -0.05) is 37.6 Å². The van der Waals surface area contributed by atoms with Crippen LogP contribution in [0, 0.1) is 6.92 Å². The second kappa shape index (κ2) is 9.26. The Hall–Kier alpha value is -1.75. The zero-order chi connectivity index (χ0) is 19.2. The zero-order valence-corrected chi connectivity index (χ0v) is 17.1. The molecule has 0 aliphatic carbocycles. The van der Waals surface area contributed by atoms with Gasteiger partial charge >= 0.3 is 0 Å². The first kappa shape index (κ1) is 20.6. The van der Waals surface area contributed by atoms with E-state index < -0.39 is 15.1 Å². The molecular formula is C21H30N2O2S. The van der Waals surface area contributed by atoms with E-state index in [1.165, 1.54) is 24.0 Å². The van der Waals surface area contributed by atoms with Gasteiger partial charge in [0.1, 0.15) is 11.6 Å². The molecule has 0 amide bonds. The van der Waals surface area contributed by atoms with E-state index in [9.17, 15) is 8.42 Å². The molecule has 0 saturated carbocycles.